The molecule has 1 heterocycles. The van der Waals surface area contributed by atoms with Crippen LogP contribution in [0.1, 0.15) is 44.0 Å². The Morgan fingerprint density at radius 2 is 2.25 bits per heavy atom. The molecule has 0 radical (unpaired) electrons. The highest BCUT2D eigenvalue weighted by molar-refractivity contribution is 7.10. The van der Waals surface area contributed by atoms with Gasteiger partial charge < -0.3 is 10.4 Å². The Balaban J connectivity index is 2.40. The van der Waals surface area contributed by atoms with Crippen LogP contribution in [-0.2, 0) is 0 Å². The fraction of sp³-hybridized carbons (Fsp3) is 0.692. The molecule has 0 saturated heterocycles. The second-order valence-corrected chi connectivity index (χ2v) is 5.36. The van der Waals surface area contributed by atoms with E-state index in [0.29, 0.717) is 12.0 Å². The topological polar surface area (TPSA) is 32.3 Å². The van der Waals surface area contributed by atoms with E-state index in [1.54, 1.807) is 11.3 Å². The monoisotopic (exact) mass is 241 g/mol. The summed E-state index contributed by atoms with van der Waals surface area (Å²) < 4.78 is 0. The summed E-state index contributed by atoms with van der Waals surface area (Å²) in [5, 5.41) is 14.7. The van der Waals surface area contributed by atoms with Crippen molar-refractivity contribution in [3.8, 4) is 0 Å². The number of hydrogen-bond acceptors (Lipinski definition) is 3. The Kier molecular flexibility index (Phi) is 6.69. The first-order chi connectivity index (χ1) is 7.77. The summed E-state index contributed by atoms with van der Waals surface area (Å²) in [6.45, 7) is 5.79. The molecule has 2 N–H and O–H groups in total. The maximum atomic E-state index is 9.07. The van der Waals surface area contributed by atoms with E-state index in [9.17, 15) is 0 Å². The van der Waals surface area contributed by atoms with Crippen molar-refractivity contribution in [1.82, 2.24) is 5.32 Å². The van der Waals surface area contributed by atoms with Crippen LogP contribution in [0.15, 0.2) is 17.5 Å². The largest absolute Gasteiger partial charge is 0.396 e. The summed E-state index contributed by atoms with van der Waals surface area (Å²) in [7, 11) is 0. The van der Waals surface area contributed by atoms with Crippen LogP contribution in [0, 0.1) is 5.92 Å². The normalized spacial score (nSPS) is 14.9. The van der Waals surface area contributed by atoms with Gasteiger partial charge in [0, 0.05) is 17.5 Å². The number of aliphatic hydroxyl groups excluding tert-OH is 1. The lowest BCUT2D eigenvalue weighted by atomic mass is 10.1. The van der Waals surface area contributed by atoms with E-state index in [4.69, 9.17) is 5.11 Å². The SMILES string of the molecule is CCCC(C)CNC(CCO)c1cccs1. The molecule has 2 nitrogen and oxygen atoms in total. The van der Waals surface area contributed by atoms with E-state index < -0.39 is 0 Å². The molecule has 0 aliphatic carbocycles. The number of nitrogens with one attached hydrogen (secondary N) is 1. The van der Waals surface area contributed by atoms with Crippen molar-refractivity contribution in [2.75, 3.05) is 13.2 Å². The molecule has 3 heteroatoms. The molecule has 1 aromatic heterocycles. The first-order valence-electron chi connectivity index (χ1n) is 6.15. The van der Waals surface area contributed by atoms with Gasteiger partial charge in [0.2, 0.25) is 0 Å². The zero-order chi connectivity index (χ0) is 11.8. The van der Waals surface area contributed by atoms with Gasteiger partial charge in [-0.05, 0) is 36.8 Å². The maximum absolute atomic E-state index is 9.07. The Labute approximate surface area is 103 Å². The van der Waals surface area contributed by atoms with Gasteiger partial charge in [-0.2, -0.15) is 0 Å². The third kappa shape index (κ3) is 4.64. The van der Waals surface area contributed by atoms with Crippen LogP contribution in [0.25, 0.3) is 0 Å². The summed E-state index contributed by atoms with van der Waals surface area (Å²) >= 11 is 1.76. The van der Waals surface area contributed by atoms with Gasteiger partial charge in [-0.15, -0.1) is 11.3 Å². The molecule has 1 rings (SSSR count). The molecule has 0 aromatic carbocycles. The molecule has 0 spiro atoms. The highest BCUT2D eigenvalue weighted by atomic mass is 32.1. The van der Waals surface area contributed by atoms with Gasteiger partial charge >= 0.3 is 0 Å². The number of aliphatic hydroxyl groups is 1. The molecular weight excluding hydrogens is 218 g/mol. The summed E-state index contributed by atoms with van der Waals surface area (Å²) in [6.07, 6.45) is 3.31. The van der Waals surface area contributed by atoms with Crippen LogP contribution >= 0.6 is 11.3 Å². The van der Waals surface area contributed by atoms with Crippen LogP contribution in [0.2, 0.25) is 0 Å². The van der Waals surface area contributed by atoms with Crippen LogP contribution in [0.4, 0.5) is 0 Å². The molecule has 0 amide bonds. The lowest BCUT2D eigenvalue weighted by Gasteiger charge is -2.19. The fourth-order valence-electron chi connectivity index (χ4n) is 1.90. The third-order valence-corrected chi connectivity index (χ3v) is 3.78. The van der Waals surface area contributed by atoms with Crippen LogP contribution < -0.4 is 5.32 Å². The summed E-state index contributed by atoms with van der Waals surface area (Å²) in [4.78, 5) is 1.33. The molecule has 0 aliphatic heterocycles. The minimum absolute atomic E-state index is 0.248. The minimum Gasteiger partial charge on any atom is -0.396 e. The van der Waals surface area contributed by atoms with E-state index in [-0.39, 0.29) is 6.61 Å². The smallest absolute Gasteiger partial charge is 0.0449 e. The Morgan fingerprint density at radius 3 is 2.81 bits per heavy atom. The van der Waals surface area contributed by atoms with Crippen molar-refractivity contribution in [2.45, 2.75) is 39.2 Å². The molecule has 0 fully saturated rings. The van der Waals surface area contributed by atoms with Gasteiger partial charge in [-0.25, -0.2) is 0 Å². The van der Waals surface area contributed by atoms with Crippen molar-refractivity contribution >= 4 is 11.3 Å². The second kappa shape index (κ2) is 7.82. The first kappa shape index (κ1) is 13.7. The van der Waals surface area contributed by atoms with Crippen molar-refractivity contribution in [2.24, 2.45) is 5.92 Å². The lowest BCUT2D eigenvalue weighted by molar-refractivity contribution is 0.263. The van der Waals surface area contributed by atoms with Crippen LogP contribution in [0.3, 0.4) is 0 Å². The van der Waals surface area contributed by atoms with Gasteiger partial charge in [0.15, 0.2) is 0 Å². The first-order valence-corrected chi connectivity index (χ1v) is 7.03. The van der Waals surface area contributed by atoms with Crippen molar-refractivity contribution < 1.29 is 5.11 Å². The van der Waals surface area contributed by atoms with Crippen LogP contribution in [-0.4, -0.2) is 18.3 Å². The summed E-state index contributed by atoms with van der Waals surface area (Å²) in [6, 6.07) is 4.54. The molecule has 16 heavy (non-hydrogen) atoms. The zero-order valence-corrected chi connectivity index (χ0v) is 11.1. The fourth-order valence-corrected chi connectivity index (χ4v) is 2.74. The predicted octanol–water partition coefficient (Wildman–Crippen LogP) is 3.20. The van der Waals surface area contributed by atoms with Gasteiger partial charge in [0.05, 0.1) is 0 Å². The number of thiophene rings is 1. The standard InChI is InChI=1S/C13H23NOS/c1-3-5-11(2)10-14-12(7-8-15)13-6-4-9-16-13/h4,6,9,11-12,14-15H,3,5,7-8,10H2,1-2H3. The highest BCUT2D eigenvalue weighted by Gasteiger charge is 2.12. The predicted molar refractivity (Wildman–Crippen MR) is 70.8 cm³/mol. The molecule has 2 atom stereocenters. The number of hydrogen-bond donors (Lipinski definition) is 2. The van der Waals surface area contributed by atoms with E-state index in [1.165, 1.54) is 17.7 Å². The van der Waals surface area contributed by atoms with Gasteiger partial charge in [-0.1, -0.05) is 26.3 Å². The highest BCUT2D eigenvalue weighted by Crippen LogP contribution is 2.22. The summed E-state index contributed by atoms with van der Waals surface area (Å²) in [5.41, 5.74) is 0. The third-order valence-electron chi connectivity index (χ3n) is 2.80. The van der Waals surface area contributed by atoms with E-state index in [0.717, 1.165) is 13.0 Å². The average Bonchev–Trinajstić information content (AvgIpc) is 2.78. The molecule has 0 saturated carbocycles. The lowest BCUT2D eigenvalue weighted by Crippen LogP contribution is -2.26. The van der Waals surface area contributed by atoms with Gasteiger partial charge in [-0.3, -0.25) is 0 Å². The van der Waals surface area contributed by atoms with Crippen molar-refractivity contribution in [3.05, 3.63) is 22.4 Å². The maximum Gasteiger partial charge on any atom is 0.0449 e. The van der Waals surface area contributed by atoms with E-state index >= 15 is 0 Å². The van der Waals surface area contributed by atoms with E-state index in [2.05, 4.69) is 36.7 Å². The Hall–Kier alpha value is -0.380. The average molecular weight is 241 g/mol. The Bertz CT molecular complexity index is 261. The Morgan fingerprint density at radius 1 is 1.44 bits per heavy atom. The molecular formula is C13H23NOS. The van der Waals surface area contributed by atoms with Crippen molar-refractivity contribution in [3.63, 3.8) is 0 Å². The van der Waals surface area contributed by atoms with Crippen molar-refractivity contribution in [1.29, 1.82) is 0 Å². The number of rotatable bonds is 8. The second-order valence-electron chi connectivity index (χ2n) is 4.38. The van der Waals surface area contributed by atoms with Gasteiger partial charge in [0.1, 0.15) is 0 Å². The van der Waals surface area contributed by atoms with Crippen LogP contribution in [0.5, 0.6) is 0 Å². The molecule has 92 valence electrons. The molecule has 2 unspecified atom stereocenters. The van der Waals surface area contributed by atoms with Gasteiger partial charge in [0.25, 0.3) is 0 Å². The van der Waals surface area contributed by atoms with E-state index in [1.807, 2.05) is 0 Å². The zero-order valence-electron chi connectivity index (χ0n) is 10.3. The minimum atomic E-state index is 0.248. The molecule has 1 aromatic rings. The molecule has 0 bridgehead atoms. The quantitative estimate of drug-likeness (QED) is 0.732. The summed E-state index contributed by atoms with van der Waals surface area (Å²) in [5.74, 6) is 0.714. The molecule has 0 aliphatic rings.